The Bertz CT molecular complexity index is 541. The fraction of sp³-hybridized carbons (Fsp3) is 0.400. The summed E-state index contributed by atoms with van der Waals surface area (Å²) < 4.78 is 15.7. The number of nitrogens with zero attached hydrogens (tertiary/aromatic N) is 1. The fourth-order valence-corrected chi connectivity index (χ4v) is 1.99. The van der Waals surface area contributed by atoms with Gasteiger partial charge in [0.15, 0.2) is 5.96 Å². The number of ether oxygens (including phenoxy) is 3. The van der Waals surface area contributed by atoms with Crippen LogP contribution in [0.2, 0.25) is 0 Å². The first-order valence-corrected chi connectivity index (χ1v) is 6.77. The Labute approximate surface area is 124 Å². The second-order valence-electron chi connectivity index (χ2n) is 4.58. The maximum absolute atomic E-state index is 5.92. The van der Waals surface area contributed by atoms with E-state index >= 15 is 0 Å². The SMILES string of the molecule is COc1ccc(OC)c(NC(N)=NCC2=CCOCC2)c1. The number of hydrogen-bond donors (Lipinski definition) is 2. The molecule has 1 aromatic rings. The minimum Gasteiger partial charge on any atom is -0.497 e. The topological polar surface area (TPSA) is 78.1 Å². The highest BCUT2D eigenvalue weighted by Crippen LogP contribution is 2.28. The lowest BCUT2D eigenvalue weighted by atomic mass is 10.1. The van der Waals surface area contributed by atoms with Crippen molar-refractivity contribution in [2.24, 2.45) is 10.7 Å². The van der Waals surface area contributed by atoms with Crippen LogP contribution in [0.4, 0.5) is 5.69 Å². The predicted molar refractivity (Wildman–Crippen MR) is 83.2 cm³/mol. The molecule has 6 heteroatoms. The van der Waals surface area contributed by atoms with Crippen molar-refractivity contribution in [2.75, 3.05) is 39.3 Å². The van der Waals surface area contributed by atoms with Crippen molar-refractivity contribution in [3.63, 3.8) is 0 Å². The minimum absolute atomic E-state index is 0.342. The van der Waals surface area contributed by atoms with Gasteiger partial charge < -0.3 is 25.3 Å². The quantitative estimate of drug-likeness (QED) is 0.491. The molecule has 1 heterocycles. The summed E-state index contributed by atoms with van der Waals surface area (Å²) in [6, 6.07) is 5.45. The van der Waals surface area contributed by atoms with Gasteiger partial charge in [0.2, 0.25) is 0 Å². The zero-order valence-corrected chi connectivity index (χ0v) is 12.4. The predicted octanol–water partition coefficient (Wildman–Crippen LogP) is 1.78. The number of guanidine groups is 1. The molecule has 21 heavy (non-hydrogen) atoms. The molecular formula is C15H21N3O3. The first-order valence-electron chi connectivity index (χ1n) is 6.77. The highest BCUT2D eigenvalue weighted by molar-refractivity contribution is 5.94. The number of hydrogen-bond acceptors (Lipinski definition) is 4. The van der Waals surface area contributed by atoms with Crippen molar-refractivity contribution < 1.29 is 14.2 Å². The van der Waals surface area contributed by atoms with Crippen LogP contribution in [0.15, 0.2) is 34.8 Å². The number of methoxy groups -OCH3 is 2. The van der Waals surface area contributed by atoms with E-state index in [1.807, 2.05) is 24.3 Å². The van der Waals surface area contributed by atoms with Crippen LogP contribution >= 0.6 is 0 Å². The summed E-state index contributed by atoms with van der Waals surface area (Å²) in [5.74, 6) is 1.74. The van der Waals surface area contributed by atoms with E-state index in [0.717, 1.165) is 24.5 Å². The third-order valence-corrected chi connectivity index (χ3v) is 3.18. The van der Waals surface area contributed by atoms with Gasteiger partial charge >= 0.3 is 0 Å². The molecule has 0 saturated carbocycles. The van der Waals surface area contributed by atoms with Crippen LogP contribution in [0.25, 0.3) is 0 Å². The Kier molecular flexibility index (Phi) is 5.45. The molecule has 1 aromatic carbocycles. The smallest absolute Gasteiger partial charge is 0.193 e. The summed E-state index contributed by atoms with van der Waals surface area (Å²) in [6.07, 6.45) is 2.95. The van der Waals surface area contributed by atoms with E-state index in [0.29, 0.717) is 24.9 Å². The highest BCUT2D eigenvalue weighted by Gasteiger charge is 2.07. The molecule has 0 atom stereocenters. The van der Waals surface area contributed by atoms with Gasteiger partial charge in [-0.3, -0.25) is 0 Å². The van der Waals surface area contributed by atoms with Crippen molar-refractivity contribution in [3.8, 4) is 11.5 Å². The number of nitrogens with two attached hydrogens (primary N) is 1. The molecule has 0 bridgehead atoms. The summed E-state index contributed by atoms with van der Waals surface area (Å²) >= 11 is 0. The molecule has 0 aromatic heterocycles. The van der Waals surface area contributed by atoms with Gasteiger partial charge in [-0.15, -0.1) is 0 Å². The Hall–Kier alpha value is -2.21. The van der Waals surface area contributed by atoms with E-state index in [9.17, 15) is 0 Å². The average molecular weight is 291 g/mol. The lowest BCUT2D eigenvalue weighted by Gasteiger charge is -2.13. The van der Waals surface area contributed by atoms with Gasteiger partial charge in [-0.25, -0.2) is 4.99 Å². The molecule has 6 nitrogen and oxygen atoms in total. The largest absolute Gasteiger partial charge is 0.497 e. The summed E-state index contributed by atoms with van der Waals surface area (Å²) in [7, 11) is 3.22. The molecule has 0 fully saturated rings. The van der Waals surface area contributed by atoms with Crippen molar-refractivity contribution in [2.45, 2.75) is 6.42 Å². The summed E-state index contributed by atoms with van der Waals surface area (Å²) in [4.78, 5) is 4.34. The molecule has 0 saturated heterocycles. The van der Waals surface area contributed by atoms with Crippen molar-refractivity contribution >= 4 is 11.6 Å². The van der Waals surface area contributed by atoms with Gasteiger partial charge in [-0.05, 0) is 24.1 Å². The first kappa shape index (κ1) is 15.2. The van der Waals surface area contributed by atoms with Crippen LogP contribution in [-0.4, -0.2) is 39.9 Å². The molecule has 1 aliphatic rings. The molecule has 114 valence electrons. The molecule has 0 unspecified atom stereocenters. The number of aliphatic imine (C=N–C) groups is 1. The molecule has 3 N–H and O–H groups in total. The Balaban J connectivity index is 2.03. The van der Waals surface area contributed by atoms with Crippen LogP contribution in [0.3, 0.4) is 0 Å². The summed E-state index contributed by atoms with van der Waals surface area (Å²) in [6.45, 7) is 1.98. The minimum atomic E-state index is 0.342. The van der Waals surface area contributed by atoms with Gasteiger partial charge in [0, 0.05) is 6.07 Å². The number of benzene rings is 1. The monoisotopic (exact) mass is 291 g/mol. The lowest BCUT2D eigenvalue weighted by Crippen LogP contribution is -2.23. The summed E-state index contributed by atoms with van der Waals surface area (Å²) in [5.41, 5.74) is 7.88. The van der Waals surface area contributed by atoms with Crippen LogP contribution in [0.5, 0.6) is 11.5 Å². The molecule has 0 spiro atoms. The maximum Gasteiger partial charge on any atom is 0.193 e. The summed E-state index contributed by atoms with van der Waals surface area (Å²) in [5, 5.41) is 3.04. The fourth-order valence-electron chi connectivity index (χ4n) is 1.99. The second kappa shape index (κ2) is 7.54. The normalized spacial score (nSPS) is 15.3. The van der Waals surface area contributed by atoms with E-state index in [1.54, 1.807) is 14.2 Å². The highest BCUT2D eigenvalue weighted by atomic mass is 16.5. The van der Waals surface area contributed by atoms with Crippen LogP contribution in [0, 0.1) is 0 Å². The van der Waals surface area contributed by atoms with Crippen LogP contribution < -0.4 is 20.5 Å². The Morgan fingerprint density at radius 3 is 2.90 bits per heavy atom. The maximum atomic E-state index is 5.92. The molecule has 2 rings (SSSR count). The molecule has 0 aliphatic carbocycles. The number of anilines is 1. The molecule has 0 amide bonds. The van der Waals surface area contributed by atoms with E-state index in [4.69, 9.17) is 19.9 Å². The van der Waals surface area contributed by atoms with Crippen LogP contribution in [-0.2, 0) is 4.74 Å². The van der Waals surface area contributed by atoms with Crippen molar-refractivity contribution in [3.05, 3.63) is 29.8 Å². The molecule has 1 aliphatic heterocycles. The van der Waals surface area contributed by atoms with E-state index in [1.165, 1.54) is 5.57 Å². The molecule has 0 radical (unpaired) electrons. The van der Waals surface area contributed by atoms with Gasteiger partial charge in [0.05, 0.1) is 39.7 Å². The van der Waals surface area contributed by atoms with E-state index in [2.05, 4.69) is 10.3 Å². The average Bonchev–Trinajstić information content (AvgIpc) is 2.54. The van der Waals surface area contributed by atoms with Gasteiger partial charge in [-0.1, -0.05) is 6.08 Å². The van der Waals surface area contributed by atoms with Crippen molar-refractivity contribution in [1.29, 1.82) is 0 Å². The number of rotatable bonds is 5. The van der Waals surface area contributed by atoms with Gasteiger partial charge in [-0.2, -0.15) is 0 Å². The third-order valence-electron chi connectivity index (χ3n) is 3.18. The zero-order valence-electron chi connectivity index (χ0n) is 12.4. The third kappa shape index (κ3) is 4.39. The second-order valence-corrected chi connectivity index (χ2v) is 4.58. The number of nitrogens with one attached hydrogen (secondary N) is 1. The lowest BCUT2D eigenvalue weighted by molar-refractivity contribution is 0.154. The van der Waals surface area contributed by atoms with Gasteiger partial charge in [0.1, 0.15) is 11.5 Å². The van der Waals surface area contributed by atoms with Crippen molar-refractivity contribution in [1.82, 2.24) is 0 Å². The van der Waals surface area contributed by atoms with E-state index < -0.39 is 0 Å². The van der Waals surface area contributed by atoms with E-state index in [-0.39, 0.29) is 0 Å². The standard InChI is InChI=1S/C15H21N3O3/c1-19-12-3-4-14(20-2)13(9-12)18-15(16)17-10-11-5-7-21-8-6-11/h3-5,9H,6-8,10H2,1-2H3,(H3,16,17,18). The van der Waals surface area contributed by atoms with Crippen LogP contribution in [0.1, 0.15) is 6.42 Å². The molecular weight excluding hydrogens is 270 g/mol. The Morgan fingerprint density at radius 1 is 1.38 bits per heavy atom. The van der Waals surface area contributed by atoms with Gasteiger partial charge in [0.25, 0.3) is 0 Å². The zero-order chi connectivity index (χ0) is 15.1. The Morgan fingerprint density at radius 2 is 2.24 bits per heavy atom. The first-order chi connectivity index (χ1) is 10.2.